The Labute approximate surface area is 134 Å². The number of hydrogen-bond donors (Lipinski definition) is 0. The van der Waals surface area contributed by atoms with E-state index in [9.17, 15) is 4.21 Å². The highest BCUT2D eigenvalue weighted by atomic mass is 32.2. The molecule has 1 aromatic rings. The fraction of sp³-hybridized carbons (Fsp3) is 0.647. The van der Waals surface area contributed by atoms with Crippen molar-refractivity contribution in [3.63, 3.8) is 0 Å². The Morgan fingerprint density at radius 3 is 2.86 bits per heavy atom. The maximum atomic E-state index is 12.5. The highest BCUT2D eigenvalue weighted by molar-refractivity contribution is 7.93. The third-order valence-corrected chi connectivity index (χ3v) is 6.53. The Balaban J connectivity index is 1.57. The monoisotopic (exact) mass is 322 g/mol. The topological polar surface area (TPSA) is 41.7 Å². The number of benzene rings is 1. The number of ether oxygens (including phenoxy) is 1. The molecule has 0 spiro atoms. The van der Waals surface area contributed by atoms with Gasteiger partial charge in [0.1, 0.15) is 12.4 Å². The Morgan fingerprint density at radius 1 is 1.36 bits per heavy atom. The van der Waals surface area contributed by atoms with Gasteiger partial charge in [0.25, 0.3) is 0 Å². The fourth-order valence-corrected chi connectivity index (χ4v) is 5.13. The Morgan fingerprint density at radius 2 is 2.14 bits per heavy atom. The molecule has 0 N–H and O–H groups in total. The van der Waals surface area contributed by atoms with Crippen molar-refractivity contribution in [2.24, 2.45) is 10.3 Å². The van der Waals surface area contributed by atoms with Crippen molar-refractivity contribution in [2.75, 3.05) is 31.2 Å². The van der Waals surface area contributed by atoms with Crippen molar-refractivity contribution in [3.8, 4) is 5.75 Å². The molecule has 2 fully saturated rings. The lowest BCUT2D eigenvalue weighted by atomic mass is 10.2. The van der Waals surface area contributed by atoms with E-state index in [0.29, 0.717) is 12.0 Å². The summed E-state index contributed by atoms with van der Waals surface area (Å²) in [4.78, 5) is 2.44. The molecular formula is C17H26N2O2S. The van der Waals surface area contributed by atoms with Gasteiger partial charge in [0.05, 0.1) is 21.5 Å². The van der Waals surface area contributed by atoms with Crippen molar-refractivity contribution < 1.29 is 8.95 Å². The van der Waals surface area contributed by atoms with E-state index >= 15 is 0 Å². The van der Waals surface area contributed by atoms with Crippen LogP contribution in [0.25, 0.3) is 0 Å². The number of nitrogens with zero attached hydrogens (tertiary/aromatic N) is 2. The zero-order valence-corrected chi connectivity index (χ0v) is 14.3. The van der Waals surface area contributed by atoms with Crippen molar-refractivity contribution in [1.82, 2.24) is 4.90 Å². The van der Waals surface area contributed by atoms with E-state index in [1.807, 2.05) is 24.3 Å². The lowest BCUT2D eigenvalue weighted by Gasteiger charge is -2.09. The zero-order chi connectivity index (χ0) is 15.6. The van der Waals surface area contributed by atoms with Crippen LogP contribution >= 0.6 is 0 Å². The second kappa shape index (κ2) is 6.59. The van der Waals surface area contributed by atoms with Gasteiger partial charge in [0.15, 0.2) is 0 Å². The normalized spacial score (nSPS) is 26.1. The number of hydrogen-bond acceptors (Lipinski definition) is 4. The van der Waals surface area contributed by atoms with Gasteiger partial charge in [-0.3, -0.25) is 4.90 Å². The molecule has 2 heterocycles. The number of rotatable bonds is 6. The van der Waals surface area contributed by atoms with E-state index in [-0.39, 0.29) is 0 Å². The van der Waals surface area contributed by atoms with Crippen molar-refractivity contribution >= 4 is 15.4 Å². The largest absolute Gasteiger partial charge is 0.492 e. The third-order valence-electron chi connectivity index (χ3n) is 4.14. The Hall–Kier alpha value is -1.07. The molecule has 2 saturated heterocycles. The summed E-state index contributed by atoms with van der Waals surface area (Å²) in [6.07, 6.45) is 2.07. The molecule has 0 aliphatic carbocycles. The van der Waals surface area contributed by atoms with Gasteiger partial charge in [-0.05, 0) is 30.9 Å². The fourth-order valence-electron chi connectivity index (χ4n) is 2.94. The third kappa shape index (κ3) is 4.23. The summed E-state index contributed by atoms with van der Waals surface area (Å²) in [6.45, 7) is 7.49. The second-order valence-electron chi connectivity index (χ2n) is 6.79. The van der Waals surface area contributed by atoms with Crippen LogP contribution in [-0.4, -0.2) is 46.4 Å². The maximum Gasteiger partial charge on any atom is 0.121 e. The van der Waals surface area contributed by atoms with Crippen LogP contribution in [0, 0.1) is 5.92 Å². The first-order valence-corrected chi connectivity index (χ1v) is 10.1. The second-order valence-corrected chi connectivity index (χ2v) is 9.33. The van der Waals surface area contributed by atoms with Crippen LogP contribution in [0.4, 0.5) is 5.69 Å². The molecule has 2 aliphatic heterocycles. The highest BCUT2D eigenvalue weighted by Crippen LogP contribution is 2.26. The van der Waals surface area contributed by atoms with E-state index in [4.69, 9.17) is 4.74 Å². The van der Waals surface area contributed by atoms with E-state index in [0.717, 1.165) is 55.5 Å². The minimum atomic E-state index is -2.00. The van der Waals surface area contributed by atoms with Crippen LogP contribution in [-0.2, 0) is 9.73 Å². The lowest BCUT2D eigenvalue weighted by Crippen LogP contribution is -2.14. The standard InChI is InChI=1S/C17H26N2O2S/c1-14(2)11-19-12-16(19)13-21-17-7-5-6-15(10-17)18-22(20)8-3-4-9-22/h5-7,10,14,16H,3-4,8-9,11-13H2,1-2H3. The predicted octanol–water partition coefficient (Wildman–Crippen LogP) is 3.30. The van der Waals surface area contributed by atoms with Crippen LogP contribution in [0.15, 0.2) is 28.6 Å². The van der Waals surface area contributed by atoms with Gasteiger partial charge >= 0.3 is 0 Å². The smallest absolute Gasteiger partial charge is 0.121 e. The first-order chi connectivity index (χ1) is 10.5. The molecule has 0 aromatic heterocycles. The molecule has 4 nitrogen and oxygen atoms in total. The summed E-state index contributed by atoms with van der Waals surface area (Å²) >= 11 is 0. The summed E-state index contributed by atoms with van der Waals surface area (Å²) < 4.78 is 22.8. The van der Waals surface area contributed by atoms with Crippen molar-refractivity contribution in [2.45, 2.75) is 32.7 Å². The molecule has 3 rings (SSSR count). The van der Waals surface area contributed by atoms with E-state index in [1.165, 1.54) is 0 Å². The minimum absolute atomic E-state index is 0.550. The Bertz CT molecular complexity index is 623. The molecule has 0 bridgehead atoms. The lowest BCUT2D eigenvalue weighted by molar-refractivity contribution is 0.287. The predicted molar refractivity (Wildman–Crippen MR) is 91.3 cm³/mol. The molecule has 122 valence electrons. The van der Waals surface area contributed by atoms with Gasteiger partial charge in [0, 0.05) is 30.7 Å². The van der Waals surface area contributed by atoms with E-state index < -0.39 is 9.73 Å². The van der Waals surface area contributed by atoms with Gasteiger partial charge in [-0.2, -0.15) is 4.36 Å². The quantitative estimate of drug-likeness (QED) is 0.755. The van der Waals surface area contributed by atoms with Gasteiger partial charge in [0.2, 0.25) is 0 Å². The SMILES string of the molecule is CC(C)CN1CC1COc1cccc(N=S2(=O)CCCC2)c1. The molecule has 2 atom stereocenters. The molecule has 0 radical (unpaired) electrons. The van der Waals surface area contributed by atoms with Crippen LogP contribution < -0.4 is 4.74 Å². The summed E-state index contributed by atoms with van der Waals surface area (Å²) in [7, 11) is -2.00. The first-order valence-electron chi connectivity index (χ1n) is 8.23. The van der Waals surface area contributed by atoms with Gasteiger partial charge < -0.3 is 4.74 Å². The highest BCUT2D eigenvalue weighted by Gasteiger charge is 2.34. The van der Waals surface area contributed by atoms with Crippen molar-refractivity contribution in [1.29, 1.82) is 0 Å². The van der Waals surface area contributed by atoms with Crippen LogP contribution in [0.2, 0.25) is 0 Å². The average Bonchev–Trinajstić information content (AvgIpc) is 3.05. The molecule has 0 amide bonds. The summed E-state index contributed by atoms with van der Waals surface area (Å²) in [5.74, 6) is 3.02. The minimum Gasteiger partial charge on any atom is -0.492 e. The summed E-state index contributed by atoms with van der Waals surface area (Å²) in [5, 5.41) is 0. The average molecular weight is 322 g/mol. The summed E-state index contributed by atoms with van der Waals surface area (Å²) in [5.41, 5.74) is 0.791. The van der Waals surface area contributed by atoms with Crippen LogP contribution in [0.5, 0.6) is 5.75 Å². The maximum absolute atomic E-state index is 12.5. The Kier molecular flexibility index (Phi) is 4.73. The molecule has 0 saturated carbocycles. The van der Waals surface area contributed by atoms with E-state index in [1.54, 1.807) is 0 Å². The van der Waals surface area contributed by atoms with Gasteiger partial charge in [-0.15, -0.1) is 0 Å². The molecule has 5 heteroatoms. The molecule has 2 aliphatic rings. The summed E-state index contributed by atoms with van der Waals surface area (Å²) in [6, 6.07) is 8.27. The van der Waals surface area contributed by atoms with Crippen molar-refractivity contribution in [3.05, 3.63) is 24.3 Å². The van der Waals surface area contributed by atoms with Gasteiger partial charge in [-0.25, -0.2) is 4.21 Å². The molecule has 2 unspecified atom stereocenters. The first kappa shape index (κ1) is 15.8. The molecular weight excluding hydrogens is 296 g/mol. The van der Waals surface area contributed by atoms with Crippen LogP contribution in [0.3, 0.4) is 0 Å². The van der Waals surface area contributed by atoms with Gasteiger partial charge in [-0.1, -0.05) is 19.9 Å². The van der Waals surface area contributed by atoms with E-state index in [2.05, 4.69) is 23.1 Å². The van der Waals surface area contributed by atoms with Crippen LogP contribution in [0.1, 0.15) is 26.7 Å². The molecule has 22 heavy (non-hydrogen) atoms. The zero-order valence-electron chi connectivity index (χ0n) is 13.5. The molecule has 1 aromatic carbocycles.